The molecule has 5 heteroatoms. The van der Waals surface area contributed by atoms with Crippen molar-refractivity contribution in [2.75, 3.05) is 5.32 Å². The van der Waals surface area contributed by atoms with Crippen molar-refractivity contribution in [3.8, 4) is 0 Å². The van der Waals surface area contributed by atoms with Gasteiger partial charge in [0, 0.05) is 17.1 Å². The quantitative estimate of drug-likeness (QED) is 0.809. The fourth-order valence-electron chi connectivity index (χ4n) is 1.68. The molecule has 1 atom stereocenters. The predicted molar refractivity (Wildman–Crippen MR) is 84.4 cm³/mol. The molecule has 4 nitrogen and oxygen atoms in total. The SMILES string of the molecule is Cc1ccc(Cl)cc1NC(=O)C(C)OC(=O)CCC(C)C. The molecule has 1 N–H and O–H groups in total. The molecule has 0 aliphatic heterocycles. The van der Waals surface area contributed by atoms with Crippen molar-refractivity contribution in [1.29, 1.82) is 0 Å². The van der Waals surface area contributed by atoms with E-state index in [2.05, 4.69) is 5.32 Å². The molecular weight excluding hydrogens is 290 g/mol. The van der Waals surface area contributed by atoms with Crippen LogP contribution in [0.2, 0.25) is 5.02 Å². The van der Waals surface area contributed by atoms with E-state index in [1.54, 1.807) is 19.1 Å². The van der Waals surface area contributed by atoms with Gasteiger partial charge in [-0.05, 0) is 43.9 Å². The second-order valence-corrected chi connectivity index (χ2v) is 5.95. The first-order valence-electron chi connectivity index (χ1n) is 7.06. The Hall–Kier alpha value is -1.55. The number of hydrogen-bond donors (Lipinski definition) is 1. The van der Waals surface area contributed by atoms with Crippen LogP contribution in [0.25, 0.3) is 0 Å². The maximum atomic E-state index is 12.0. The number of esters is 1. The van der Waals surface area contributed by atoms with Crippen LogP contribution in [-0.4, -0.2) is 18.0 Å². The first kappa shape index (κ1) is 17.5. The van der Waals surface area contributed by atoms with Crippen molar-refractivity contribution < 1.29 is 14.3 Å². The van der Waals surface area contributed by atoms with Crippen molar-refractivity contribution >= 4 is 29.2 Å². The number of amides is 1. The van der Waals surface area contributed by atoms with Gasteiger partial charge in [-0.15, -0.1) is 0 Å². The van der Waals surface area contributed by atoms with Crippen LogP contribution in [0.1, 0.15) is 39.2 Å². The van der Waals surface area contributed by atoms with E-state index >= 15 is 0 Å². The number of halogens is 1. The highest BCUT2D eigenvalue weighted by atomic mass is 35.5. The molecule has 1 rings (SSSR count). The summed E-state index contributed by atoms with van der Waals surface area (Å²) in [6.45, 7) is 7.49. The fourth-order valence-corrected chi connectivity index (χ4v) is 1.85. The molecule has 21 heavy (non-hydrogen) atoms. The van der Waals surface area contributed by atoms with Crippen LogP contribution in [0.5, 0.6) is 0 Å². The van der Waals surface area contributed by atoms with Crippen LogP contribution >= 0.6 is 11.6 Å². The van der Waals surface area contributed by atoms with Crippen LogP contribution in [0, 0.1) is 12.8 Å². The molecule has 1 unspecified atom stereocenters. The summed E-state index contributed by atoms with van der Waals surface area (Å²) in [5.41, 5.74) is 1.52. The van der Waals surface area contributed by atoms with E-state index in [0.717, 1.165) is 12.0 Å². The van der Waals surface area contributed by atoms with Crippen LogP contribution in [-0.2, 0) is 14.3 Å². The molecule has 0 aromatic heterocycles. The Balaban J connectivity index is 2.54. The molecular formula is C16H22ClNO3. The summed E-state index contributed by atoms with van der Waals surface area (Å²) in [6, 6.07) is 5.24. The van der Waals surface area contributed by atoms with E-state index in [1.807, 2.05) is 26.8 Å². The first-order chi connectivity index (χ1) is 9.79. The Morgan fingerprint density at radius 3 is 2.57 bits per heavy atom. The second-order valence-electron chi connectivity index (χ2n) is 5.51. The highest BCUT2D eigenvalue weighted by molar-refractivity contribution is 6.31. The molecule has 0 saturated carbocycles. The van der Waals surface area contributed by atoms with Gasteiger partial charge in [-0.2, -0.15) is 0 Å². The van der Waals surface area contributed by atoms with E-state index in [9.17, 15) is 9.59 Å². The van der Waals surface area contributed by atoms with E-state index < -0.39 is 6.10 Å². The number of carbonyl (C=O) groups is 2. The summed E-state index contributed by atoms with van der Waals surface area (Å²) in [6.07, 6.45) is 0.245. The molecule has 1 amide bonds. The van der Waals surface area contributed by atoms with Crippen LogP contribution < -0.4 is 5.32 Å². The molecule has 116 valence electrons. The number of aryl methyl sites for hydroxylation is 1. The third kappa shape index (κ3) is 6.17. The minimum Gasteiger partial charge on any atom is -0.453 e. The molecule has 0 bridgehead atoms. The second kappa shape index (κ2) is 8.03. The number of anilines is 1. The Morgan fingerprint density at radius 2 is 1.95 bits per heavy atom. The van der Waals surface area contributed by atoms with Gasteiger partial charge in [0.15, 0.2) is 6.10 Å². The molecule has 1 aromatic rings. The number of ether oxygens (including phenoxy) is 1. The number of hydrogen-bond acceptors (Lipinski definition) is 3. The lowest BCUT2D eigenvalue weighted by Crippen LogP contribution is -2.30. The molecule has 0 fully saturated rings. The minimum absolute atomic E-state index is 0.325. The summed E-state index contributed by atoms with van der Waals surface area (Å²) in [5.74, 6) is -0.289. The monoisotopic (exact) mass is 311 g/mol. The lowest BCUT2D eigenvalue weighted by atomic mass is 10.1. The molecule has 1 aromatic carbocycles. The zero-order chi connectivity index (χ0) is 16.0. The van der Waals surface area contributed by atoms with E-state index in [4.69, 9.17) is 16.3 Å². The van der Waals surface area contributed by atoms with Gasteiger partial charge in [0.05, 0.1) is 0 Å². The zero-order valence-corrected chi connectivity index (χ0v) is 13.7. The number of benzene rings is 1. The van der Waals surface area contributed by atoms with Gasteiger partial charge in [-0.25, -0.2) is 0 Å². The highest BCUT2D eigenvalue weighted by Crippen LogP contribution is 2.20. The largest absolute Gasteiger partial charge is 0.453 e. The fraction of sp³-hybridized carbons (Fsp3) is 0.500. The van der Waals surface area contributed by atoms with E-state index in [1.165, 1.54) is 0 Å². The molecule has 0 spiro atoms. The van der Waals surface area contributed by atoms with Gasteiger partial charge >= 0.3 is 5.97 Å². The van der Waals surface area contributed by atoms with Gasteiger partial charge in [0.25, 0.3) is 5.91 Å². The summed E-state index contributed by atoms with van der Waals surface area (Å²) in [4.78, 5) is 23.6. The Labute approximate surface area is 130 Å². The first-order valence-corrected chi connectivity index (χ1v) is 7.44. The zero-order valence-electron chi connectivity index (χ0n) is 12.9. The van der Waals surface area contributed by atoms with Crippen molar-refractivity contribution in [3.63, 3.8) is 0 Å². The maximum Gasteiger partial charge on any atom is 0.306 e. The third-order valence-corrected chi connectivity index (χ3v) is 3.30. The van der Waals surface area contributed by atoms with Gasteiger partial charge in [0.1, 0.15) is 0 Å². The van der Waals surface area contributed by atoms with Gasteiger partial charge in [-0.3, -0.25) is 9.59 Å². The number of rotatable bonds is 6. The van der Waals surface area contributed by atoms with Crippen LogP contribution in [0.4, 0.5) is 5.69 Å². The number of nitrogens with one attached hydrogen (secondary N) is 1. The van der Waals surface area contributed by atoms with E-state index in [0.29, 0.717) is 23.0 Å². The Bertz CT molecular complexity index is 514. The van der Waals surface area contributed by atoms with Gasteiger partial charge in [-0.1, -0.05) is 31.5 Å². The summed E-state index contributed by atoms with van der Waals surface area (Å²) >= 11 is 5.90. The van der Waals surface area contributed by atoms with Crippen molar-refractivity contribution in [2.45, 2.75) is 46.6 Å². The topological polar surface area (TPSA) is 55.4 Å². The van der Waals surface area contributed by atoms with Crippen molar-refractivity contribution in [2.24, 2.45) is 5.92 Å². The van der Waals surface area contributed by atoms with Crippen LogP contribution in [0.3, 0.4) is 0 Å². The predicted octanol–water partition coefficient (Wildman–Crippen LogP) is 3.95. The summed E-state index contributed by atoms with van der Waals surface area (Å²) in [7, 11) is 0. The number of carbonyl (C=O) groups excluding carboxylic acids is 2. The van der Waals surface area contributed by atoms with Crippen molar-refractivity contribution in [1.82, 2.24) is 0 Å². The average Bonchev–Trinajstić information content (AvgIpc) is 2.40. The Kier molecular flexibility index (Phi) is 6.69. The summed E-state index contributed by atoms with van der Waals surface area (Å²) < 4.78 is 5.12. The third-order valence-electron chi connectivity index (χ3n) is 3.06. The lowest BCUT2D eigenvalue weighted by molar-refractivity contribution is -0.153. The standard InChI is InChI=1S/C16H22ClNO3/c1-10(2)5-8-15(19)21-12(4)16(20)18-14-9-13(17)7-6-11(14)3/h6-7,9-10,12H,5,8H2,1-4H3,(H,18,20). The van der Waals surface area contributed by atoms with E-state index in [-0.39, 0.29) is 11.9 Å². The molecule has 0 radical (unpaired) electrons. The Morgan fingerprint density at radius 1 is 1.29 bits per heavy atom. The van der Waals surface area contributed by atoms with Crippen LogP contribution in [0.15, 0.2) is 18.2 Å². The minimum atomic E-state index is -0.831. The smallest absolute Gasteiger partial charge is 0.306 e. The summed E-state index contributed by atoms with van der Waals surface area (Å²) in [5, 5.41) is 3.26. The average molecular weight is 312 g/mol. The normalized spacial score (nSPS) is 12.1. The molecule has 0 aliphatic carbocycles. The lowest BCUT2D eigenvalue weighted by Gasteiger charge is -2.15. The van der Waals surface area contributed by atoms with Gasteiger partial charge in [0.2, 0.25) is 0 Å². The molecule has 0 heterocycles. The molecule has 0 aliphatic rings. The highest BCUT2D eigenvalue weighted by Gasteiger charge is 2.18. The van der Waals surface area contributed by atoms with Crippen molar-refractivity contribution in [3.05, 3.63) is 28.8 Å². The maximum absolute atomic E-state index is 12.0. The molecule has 0 saturated heterocycles. The van der Waals surface area contributed by atoms with Gasteiger partial charge < -0.3 is 10.1 Å².